The zero-order chi connectivity index (χ0) is 21.1. The molecule has 2 aromatic carbocycles. The Hall–Kier alpha value is -2.52. The van der Waals surface area contributed by atoms with Crippen molar-refractivity contribution in [2.45, 2.75) is 37.7 Å². The molecule has 0 aliphatic carbocycles. The minimum atomic E-state index is -1.98. The molecule has 1 heterocycles. The van der Waals surface area contributed by atoms with Crippen molar-refractivity contribution in [1.82, 2.24) is 5.32 Å². The van der Waals surface area contributed by atoms with E-state index in [1.165, 1.54) is 0 Å². The molecule has 0 spiro atoms. The molecule has 0 radical (unpaired) electrons. The number of hydrogen-bond acceptors (Lipinski definition) is 6. The summed E-state index contributed by atoms with van der Waals surface area (Å²) < 4.78 is 25.2. The fraction of sp³-hybridized carbons (Fsp3) is 0.381. The van der Waals surface area contributed by atoms with Crippen LogP contribution in [0.5, 0.6) is 5.75 Å². The summed E-state index contributed by atoms with van der Waals surface area (Å²) in [5.74, 6) is 0.148. The van der Waals surface area contributed by atoms with Gasteiger partial charge in [-0.3, -0.25) is 4.79 Å². The molecule has 5 atom stereocenters. The van der Waals surface area contributed by atoms with Crippen molar-refractivity contribution in [2.24, 2.45) is 0 Å². The van der Waals surface area contributed by atoms with Crippen molar-refractivity contribution in [2.75, 3.05) is 13.7 Å². The number of carbonyl (C=O) groups excluding carboxylic acids is 1. The van der Waals surface area contributed by atoms with Gasteiger partial charge >= 0.3 is 0 Å². The van der Waals surface area contributed by atoms with E-state index < -0.39 is 37.4 Å². The van der Waals surface area contributed by atoms with Gasteiger partial charge in [-0.05, 0) is 47.9 Å². The summed E-state index contributed by atoms with van der Waals surface area (Å²) in [6, 6.07) is 12.3. The molecule has 3 rings (SSSR count). The van der Waals surface area contributed by atoms with Crippen LogP contribution in [0.3, 0.4) is 0 Å². The lowest BCUT2D eigenvalue weighted by molar-refractivity contribution is -0.262. The van der Waals surface area contributed by atoms with E-state index in [0.29, 0.717) is 16.9 Å². The second-order valence-corrected chi connectivity index (χ2v) is 6.91. The largest absolute Gasteiger partial charge is 0.461 e. The Labute approximate surface area is 167 Å². The summed E-state index contributed by atoms with van der Waals surface area (Å²) in [5.41, 5.74) is 2.88. The molecule has 4 N–H and O–H groups in total. The molecule has 1 aliphatic heterocycles. The molecule has 29 heavy (non-hydrogen) atoms. The van der Waals surface area contributed by atoms with Crippen molar-refractivity contribution in [3.05, 3.63) is 53.6 Å². The van der Waals surface area contributed by atoms with Crippen molar-refractivity contribution >= 4 is 5.91 Å². The van der Waals surface area contributed by atoms with Crippen LogP contribution in [-0.2, 0) is 4.74 Å². The highest BCUT2D eigenvalue weighted by Crippen LogP contribution is 2.31. The highest BCUT2D eigenvalue weighted by molar-refractivity contribution is 5.95. The molecule has 0 unspecified atom stereocenters. The number of aliphatic hydroxyl groups is 3. The lowest BCUT2D eigenvalue weighted by atomic mass is 9.99. The molecule has 1 amide bonds. The van der Waals surface area contributed by atoms with E-state index in [1.807, 2.05) is 12.1 Å². The molecule has 0 saturated carbocycles. The number of benzene rings is 2. The number of carbonyl (C=O) groups is 1. The zero-order valence-electron chi connectivity index (χ0n) is 16.1. The van der Waals surface area contributed by atoms with Crippen LogP contribution < -0.4 is 10.1 Å². The Morgan fingerprint density at radius 1 is 1.17 bits per heavy atom. The smallest absolute Gasteiger partial charge is 0.251 e. The molecule has 0 aromatic heterocycles. The summed E-state index contributed by atoms with van der Waals surface area (Å²) >= 11 is 0. The molecule has 1 saturated heterocycles. The van der Waals surface area contributed by atoms with Crippen LogP contribution in [0, 0.1) is 6.92 Å². The maximum Gasteiger partial charge on any atom is 0.251 e. The number of halogens is 1. The van der Waals surface area contributed by atoms with E-state index in [2.05, 4.69) is 5.32 Å². The van der Waals surface area contributed by atoms with Gasteiger partial charge in [0.25, 0.3) is 5.91 Å². The number of alkyl halides is 1. The van der Waals surface area contributed by atoms with Crippen LogP contribution in [0.15, 0.2) is 42.5 Å². The van der Waals surface area contributed by atoms with Gasteiger partial charge in [-0.15, -0.1) is 0 Å². The molecule has 8 heteroatoms. The predicted octanol–water partition coefficient (Wildman–Crippen LogP) is 1.18. The summed E-state index contributed by atoms with van der Waals surface area (Å²) in [6.45, 7) is 1.19. The lowest BCUT2D eigenvalue weighted by Gasteiger charge is -2.38. The van der Waals surface area contributed by atoms with Crippen molar-refractivity contribution in [3.63, 3.8) is 0 Å². The normalized spacial score (nSPS) is 26.8. The summed E-state index contributed by atoms with van der Waals surface area (Å²) in [5, 5.41) is 31.4. The Morgan fingerprint density at radius 3 is 2.55 bits per heavy atom. The van der Waals surface area contributed by atoms with Gasteiger partial charge < -0.3 is 30.1 Å². The minimum Gasteiger partial charge on any atom is -0.461 e. The Balaban J connectivity index is 1.81. The first kappa shape index (κ1) is 21.2. The van der Waals surface area contributed by atoms with Crippen LogP contribution in [0.25, 0.3) is 11.1 Å². The van der Waals surface area contributed by atoms with Gasteiger partial charge in [0.2, 0.25) is 6.29 Å². The maximum absolute atomic E-state index is 14.3. The highest BCUT2D eigenvalue weighted by Gasteiger charge is 2.46. The predicted molar refractivity (Wildman–Crippen MR) is 103 cm³/mol. The first-order valence-corrected chi connectivity index (χ1v) is 9.22. The quantitative estimate of drug-likeness (QED) is 0.595. The van der Waals surface area contributed by atoms with Crippen molar-refractivity contribution in [1.29, 1.82) is 0 Å². The number of nitrogens with one attached hydrogen (secondary N) is 1. The van der Waals surface area contributed by atoms with Gasteiger partial charge in [0.15, 0.2) is 6.17 Å². The fourth-order valence-electron chi connectivity index (χ4n) is 3.21. The molecular formula is C21H24FNO6. The average Bonchev–Trinajstić information content (AvgIpc) is 2.74. The third-order valence-corrected chi connectivity index (χ3v) is 4.91. The SMILES string of the molecule is CNC(=O)c1cccc(-c2ccc(O[C@H]3O[C@H](CO)[C@@H](O)[C@H](O)[C@@H]3F)c(C)c2)c1. The second kappa shape index (κ2) is 8.87. The Morgan fingerprint density at radius 2 is 1.90 bits per heavy atom. The molecular weight excluding hydrogens is 381 g/mol. The Bertz CT molecular complexity index is 874. The summed E-state index contributed by atoms with van der Waals surface area (Å²) in [7, 11) is 1.56. The molecule has 1 fully saturated rings. The number of ether oxygens (including phenoxy) is 2. The standard InChI is InChI=1S/C21H24FNO6/c1-11-8-13(12-4-3-5-14(9-12)20(27)23-2)6-7-15(11)28-21-17(22)19(26)18(25)16(10-24)29-21/h3-9,16-19,21,24-26H,10H2,1-2H3,(H,23,27)/t16-,17+,18-,19-,21+/m1/s1. The minimum absolute atomic E-state index is 0.189. The van der Waals surface area contributed by atoms with Gasteiger partial charge in [-0.2, -0.15) is 0 Å². The van der Waals surface area contributed by atoms with Crippen LogP contribution in [-0.4, -0.2) is 65.7 Å². The van der Waals surface area contributed by atoms with E-state index in [-0.39, 0.29) is 5.91 Å². The van der Waals surface area contributed by atoms with Gasteiger partial charge in [0.05, 0.1) is 6.61 Å². The molecule has 156 valence electrons. The Kier molecular flexibility index (Phi) is 6.49. The van der Waals surface area contributed by atoms with Gasteiger partial charge in [0.1, 0.15) is 24.1 Å². The van der Waals surface area contributed by atoms with E-state index in [4.69, 9.17) is 9.47 Å². The summed E-state index contributed by atoms with van der Waals surface area (Å²) in [6.07, 6.45) is -7.85. The zero-order valence-corrected chi connectivity index (χ0v) is 16.1. The van der Waals surface area contributed by atoms with Crippen LogP contribution >= 0.6 is 0 Å². The third-order valence-electron chi connectivity index (χ3n) is 4.91. The van der Waals surface area contributed by atoms with Crippen molar-refractivity contribution in [3.8, 4) is 16.9 Å². The maximum atomic E-state index is 14.3. The first-order valence-electron chi connectivity index (χ1n) is 9.22. The fourth-order valence-corrected chi connectivity index (χ4v) is 3.21. The third kappa shape index (κ3) is 4.40. The van der Waals surface area contributed by atoms with E-state index in [1.54, 1.807) is 44.3 Å². The van der Waals surface area contributed by atoms with Gasteiger partial charge in [-0.25, -0.2) is 4.39 Å². The number of aliphatic hydroxyl groups excluding tert-OH is 3. The van der Waals surface area contributed by atoms with Crippen LogP contribution in [0.2, 0.25) is 0 Å². The number of aryl methyl sites for hydroxylation is 1. The van der Waals surface area contributed by atoms with E-state index in [9.17, 15) is 24.5 Å². The monoisotopic (exact) mass is 405 g/mol. The molecule has 1 aliphatic rings. The van der Waals surface area contributed by atoms with Gasteiger partial charge in [0, 0.05) is 12.6 Å². The lowest BCUT2D eigenvalue weighted by Crippen LogP contribution is -2.58. The topological polar surface area (TPSA) is 108 Å². The van der Waals surface area contributed by atoms with Crippen molar-refractivity contribution < 1.29 is 34.0 Å². The molecule has 7 nitrogen and oxygen atoms in total. The van der Waals surface area contributed by atoms with E-state index >= 15 is 0 Å². The van der Waals surface area contributed by atoms with E-state index in [0.717, 1.165) is 11.1 Å². The van der Waals surface area contributed by atoms with Gasteiger partial charge in [-0.1, -0.05) is 18.2 Å². The number of rotatable bonds is 5. The summed E-state index contributed by atoms with van der Waals surface area (Å²) in [4.78, 5) is 11.8. The number of hydrogen-bond donors (Lipinski definition) is 4. The van der Waals surface area contributed by atoms with Crippen LogP contribution in [0.4, 0.5) is 4.39 Å². The first-order chi connectivity index (χ1) is 13.8. The second-order valence-electron chi connectivity index (χ2n) is 6.91. The average molecular weight is 405 g/mol. The highest BCUT2D eigenvalue weighted by atomic mass is 19.1. The van der Waals surface area contributed by atoms with Crippen LogP contribution in [0.1, 0.15) is 15.9 Å². The molecule has 0 bridgehead atoms. The molecule has 2 aromatic rings. The number of amides is 1.